The van der Waals surface area contributed by atoms with Gasteiger partial charge in [-0.15, -0.1) is 0 Å². The molecule has 1 fully saturated rings. The van der Waals surface area contributed by atoms with E-state index >= 15 is 0 Å². The van der Waals surface area contributed by atoms with Crippen molar-refractivity contribution in [3.8, 4) is 11.1 Å². The van der Waals surface area contributed by atoms with Crippen LogP contribution in [0.5, 0.6) is 0 Å². The van der Waals surface area contributed by atoms with Crippen molar-refractivity contribution in [2.45, 2.75) is 38.6 Å². The van der Waals surface area contributed by atoms with Crippen LogP contribution in [0.2, 0.25) is 0 Å². The normalized spacial score (nSPS) is 17.2. The van der Waals surface area contributed by atoms with Gasteiger partial charge in [0.25, 0.3) is 5.91 Å². The molecular formula is C19H21N5O2. The van der Waals surface area contributed by atoms with E-state index in [2.05, 4.69) is 20.3 Å². The first-order valence-electron chi connectivity index (χ1n) is 8.86. The highest BCUT2D eigenvalue weighted by atomic mass is 16.5. The fraction of sp³-hybridized carbons (Fsp3) is 0.368. The van der Waals surface area contributed by atoms with Gasteiger partial charge in [0, 0.05) is 30.6 Å². The van der Waals surface area contributed by atoms with E-state index in [0.717, 1.165) is 35.4 Å². The van der Waals surface area contributed by atoms with Gasteiger partial charge in [0.15, 0.2) is 0 Å². The molecule has 1 aliphatic rings. The number of likely N-dealkylation sites (tertiary alicyclic amines) is 1. The third-order valence-electron chi connectivity index (χ3n) is 4.84. The van der Waals surface area contributed by atoms with Gasteiger partial charge in [-0.2, -0.15) is 5.10 Å². The van der Waals surface area contributed by atoms with E-state index in [1.807, 2.05) is 30.9 Å². The van der Waals surface area contributed by atoms with Gasteiger partial charge in [0.1, 0.15) is 0 Å². The largest absolute Gasteiger partial charge is 0.351 e. The minimum absolute atomic E-state index is 0.0548. The Bertz CT molecular complexity index is 900. The lowest BCUT2D eigenvalue weighted by Crippen LogP contribution is -2.30. The summed E-state index contributed by atoms with van der Waals surface area (Å²) >= 11 is 0. The summed E-state index contributed by atoms with van der Waals surface area (Å²) in [4.78, 5) is 18.9. The molecule has 7 nitrogen and oxygen atoms in total. The van der Waals surface area contributed by atoms with Crippen molar-refractivity contribution < 1.29 is 9.32 Å². The topological polar surface area (TPSA) is 87.9 Å². The summed E-state index contributed by atoms with van der Waals surface area (Å²) < 4.78 is 5.31. The number of rotatable bonds is 4. The average molecular weight is 351 g/mol. The maximum Gasteiger partial charge on any atom is 0.293 e. The Morgan fingerprint density at radius 1 is 1.35 bits per heavy atom. The minimum Gasteiger partial charge on any atom is -0.351 e. The second-order valence-electron chi connectivity index (χ2n) is 6.86. The molecule has 0 aliphatic carbocycles. The van der Waals surface area contributed by atoms with Crippen LogP contribution in [0.3, 0.4) is 0 Å². The number of pyridine rings is 1. The number of hydrogen-bond acceptors (Lipinski definition) is 5. The molecule has 4 rings (SSSR count). The number of aromatic amines is 1. The van der Waals surface area contributed by atoms with Crippen LogP contribution in [0.1, 0.15) is 60.6 Å². The third-order valence-corrected chi connectivity index (χ3v) is 4.84. The van der Waals surface area contributed by atoms with E-state index in [9.17, 15) is 4.79 Å². The Balaban J connectivity index is 1.63. The van der Waals surface area contributed by atoms with Crippen molar-refractivity contribution in [3.05, 3.63) is 53.9 Å². The highest BCUT2D eigenvalue weighted by molar-refractivity contribution is 5.92. The van der Waals surface area contributed by atoms with Crippen LogP contribution < -0.4 is 0 Å². The number of nitrogens with zero attached hydrogens (tertiary/aromatic N) is 4. The van der Waals surface area contributed by atoms with E-state index in [1.165, 1.54) is 0 Å². The zero-order chi connectivity index (χ0) is 18.1. The summed E-state index contributed by atoms with van der Waals surface area (Å²) in [7, 11) is 0. The summed E-state index contributed by atoms with van der Waals surface area (Å²) in [5.74, 6) is 0.397. The lowest BCUT2D eigenvalue weighted by Gasteiger charge is -2.23. The van der Waals surface area contributed by atoms with Gasteiger partial charge in [-0.25, -0.2) is 0 Å². The molecule has 1 unspecified atom stereocenters. The predicted octanol–water partition coefficient (Wildman–Crippen LogP) is 3.56. The van der Waals surface area contributed by atoms with Gasteiger partial charge in [0.05, 0.1) is 23.6 Å². The van der Waals surface area contributed by atoms with Crippen molar-refractivity contribution >= 4 is 5.91 Å². The molecule has 0 bridgehead atoms. The Hall–Kier alpha value is -2.96. The molecule has 1 aliphatic heterocycles. The Morgan fingerprint density at radius 2 is 2.15 bits per heavy atom. The first-order chi connectivity index (χ1) is 12.6. The van der Waals surface area contributed by atoms with Crippen molar-refractivity contribution in [2.75, 3.05) is 6.54 Å². The number of H-pyrrole nitrogens is 1. The number of nitrogens with one attached hydrogen (secondary N) is 1. The highest BCUT2D eigenvalue weighted by Gasteiger charge is 2.35. The number of carbonyl (C=O) groups excluding carboxylic acids is 1. The summed E-state index contributed by atoms with van der Waals surface area (Å²) in [5, 5.41) is 11.3. The minimum atomic E-state index is -0.123. The van der Waals surface area contributed by atoms with Gasteiger partial charge in [0.2, 0.25) is 5.76 Å². The van der Waals surface area contributed by atoms with Gasteiger partial charge in [-0.1, -0.05) is 19.0 Å². The SMILES string of the molecule is CC(C)c1cc(C(=O)N2CCCC2c2[nH]ncc2-c2ccncc2)on1. The fourth-order valence-corrected chi connectivity index (χ4v) is 3.42. The van der Waals surface area contributed by atoms with Gasteiger partial charge in [-0.3, -0.25) is 14.9 Å². The first kappa shape index (κ1) is 16.5. The molecule has 0 saturated carbocycles. The molecule has 0 aromatic carbocycles. The molecule has 4 heterocycles. The third kappa shape index (κ3) is 2.89. The molecule has 1 saturated heterocycles. The molecule has 26 heavy (non-hydrogen) atoms. The van der Waals surface area contributed by atoms with Gasteiger partial charge in [-0.05, 0) is 36.5 Å². The quantitative estimate of drug-likeness (QED) is 0.776. The van der Waals surface area contributed by atoms with E-state index in [0.29, 0.717) is 12.3 Å². The van der Waals surface area contributed by atoms with E-state index in [1.54, 1.807) is 24.7 Å². The van der Waals surface area contributed by atoms with Crippen LogP contribution in [0.15, 0.2) is 41.3 Å². The first-order valence-corrected chi connectivity index (χ1v) is 8.86. The second-order valence-corrected chi connectivity index (χ2v) is 6.86. The van der Waals surface area contributed by atoms with E-state index in [-0.39, 0.29) is 17.9 Å². The summed E-state index contributed by atoms with van der Waals surface area (Å²) in [5.41, 5.74) is 3.77. The Kier molecular flexibility index (Phi) is 4.28. The number of carbonyl (C=O) groups is 1. The zero-order valence-electron chi connectivity index (χ0n) is 14.8. The maximum atomic E-state index is 13.0. The highest BCUT2D eigenvalue weighted by Crippen LogP contribution is 2.37. The van der Waals surface area contributed by atoms with Crippen molar-refractivity contribution in [3.63, 3.8) is 0 Å². The van der Waals surface area contributed by atoms with Crippen LogP contribution in [0, 0.1) is 0 Å². The lowest BCUT2D eigenvalue weighted by atomic mass is 10.0. The standard InChI is InChI=1S/C19H21N5O2/c1-12(2)15-10-17(26-23-15)19(25)24-9-3-4-16(24)18-14(11-21-22-18)13-5-7-20-8-6-13/h5-8,10-12,16H,3-4,9H2,1-2H3,(H,21,22). The maximum absolute atomic E-state index is 13.0. The lowest BCUT2D eigenvalue weighted by molar-refractivity contribution is 0.0691. The summed E-state index contributed by atoms with van der Waals surface area (Å²) in [6.07, 6.45) is 7.14. The molecule has 0 radical (unpaired) electrons. The van der Waals surface area contributed by atoms with Gasteiger partial charge >= 0.3 is 0 Å². The molecule has 7 heteroatoms. The van der Waals surface area contributed by atoms with Crippen molar-refractivity contribution in [2.24, 2.45) is 0 Å². The molecule has 3 aromatic rings. The van der Waals surface area contributed by atoms with Crippen LogP contribution >= 0.6 is 0 Å². The van der Waals surface area contributed by atoms with Crippen LogP contribution in [0.4, 0.5) is 0 Å². The molecule has 134 valence electrons. The number of hydrogen-bond donors (Lipinski definition) is 1. The molecule has 1 N–H and O–H groups in total. The monoisotopic (exact) mass is 351 g/mol. The summed E-state index contributed by atoms with van der Waals surface area (Å²) in [6, 6.07) is 5.58. The van der Waals surface area contributed by atoms with Crippen LogP contribution in [-0.4, -0.2) is 37.7 Å². The zero-order valence-corrected chi connectivity index (χ0v) is 14.8. The van der Waals surface area contributed by atoms with Crippen LogP contribution in [-0.2, 0) is 0 Å². The van der Waals surface area contributed by atoms with E-state index < -0.39 is 0 Å². The molecule has 1 atom stereocenters. The Labute approximate surface area is 151 Å². The smallest absolute Gasteiger partial charge is 0.293 e. The molecule has 1 amide bonds. The average Bonchev–Trinajstić information content (AvgIpc) is 3.40. The van der Waals surface area contributed by atoms with Crippen molar-refractivity contribution in [1.29, 1.82) is 0 Å². The van der Waals surface area contributed by atoms with Crippen molar-refractivity contribution in [1.82, 2.24) is 25.2 Å². The number of aromatic nitrogens is 4. The number of amides is 1. The molecular weight excluding hydrogens is 330 g/mol. The van der Waals surface area contributed by atoms with Gasteiger partial charge < -0.3 is 9.42 Å². The molecule has 0 spiro atoms. The van der Waals surface area contributed by atoms with Crippen LogP contribution in [0.25, 0.3) is 11.1 Å². The molecule has 3 aromatic heterocycles. The fourth-order valence-electron chi connectivity index (χ4n) is 3.42. The second kappa shape index (κ2) is 6.74. The van der Waals surface area contributed by atoms with E-state index in [4.69, 9.17) is 4.52 Å². The summed E-state index contributed by atoms with van der Waals surface area (Å²) in [6.45, 7) is 4.74. The predicted molar refractivity (Wildman–Crippen MR) is 95.4 cm³/mol. The Morgan fingerprint density at radius 3 is 2.88 bits per heavy atom.